The molecule has 4 rings (SSSR count). The lowest BCUT2D eigenvalue weighted by Gasteiger charge is -2.46. The van der Waals surface area contributed by atoms with Crippen LogP contribution in [0, 0.1) is 5.82 Å². The van der Waals surface area contributed by atoms with Crippen molar-refractivity contribution in [2.45, 2.75) is 106 Å². The molecule has 2 unspecified atom stereocenters. The smallest absolute Gasteiger partial charge is 0.435 e. The van der Waals surface area contributed by atoms with E-state index in [0.717, 1.165) is 29.2 Å². The zero-order valence-electron chi connectivity index (χ0n) is 27.4. The molecule has 0 N–H and O–H groups in total. The topological polar surface area (TPSA) is 93.2 Å². The zero-order valence-corrected chi connectivity index (χ0v) is 28.2. The fraction of sp³-hybridized carbons (Fsp3) is 0.562. The SMILES string of the molecule is CCCC(C)(C)OC(=O)N1CCC2(S(=O)(=O)c3ccc(F)cc3)c3ccc(C(F)(C(F)(F)F)C(F)(F)F)cc3N(C(=O)OC(C)(C)C)CC12. The summed E-state index contributed by atoms with van der Waals surface area (Å²) in [6.45, 7) is 8.14. The molecule has 8 nitrogen and oxygen atoms in total. The first-order valence-electron chi connectivity index (χ1n) is 15.2. The predicted octanol–water partition coefficient (Wildman–Crippen LogP) is 8.33. The number of carbonyl (C=O) groups is 2. The van der Waals surface area contributed by atoms with E-state index in [2.05, 4.69) is 0 Å². The first-order valence-corrected chi connectivity index (χ1v) is 16.7. The standard InChI is InChI=1S/C32H36F8N2O6S/c1-7-14-28(5,6)48-25(43)41-16-15-29(49(45,46)21-11-9-20(33)10-12-21)22-13-8-19(30(34,31(35,36)37)32(38,39)40)17-23(22)42(18-24(29)41)26(44)47-27(2,3)4/h8-13,17,24H,7,14-16,18H2,1-6H3. The highest BCUT2D eigenvalue weighted by Crippen LogP contribution is 2.58. The van der Waals surface area contributed by atoms with E-state index in [0.29, 0.717) is 23.8 Å². The molecule has 272 valence electrons. The minimum Gasteiger partial charge on any atom is -0.443 e. The normalized spacial score (nSPS) is 20.5. The number of anilines is 1. The van der Waals surface area contributed by atoms with Gasteiger partial charge in [0.15, 0.2) is 9.84 Å². The maximum absolute atomic E-state index is 15.4. The summed E-state index contributed by atoms with van der Waals surface area (Å²) in [7, 11) is -4.83. The summed E-state index contributed by atoms with van der Waals surface area (Å²) >= 11 is 0. The molecule has 0 bridgehead atoms. The number of amides is 2. The molecule has 2 amide bonds. The molecule has 2 heterocycles. The van der Waals surface area contributed by atoms with E-state index < -0.39 is 103 Å². The first kappa shape index (κ1) is 38.2. The Morgan fingerprint density at radius 3 is 1.96 bits per heavy atom. The van der Waals surface area contributed by atoms with E-state index in [4.69, 9.17) is 9.47 Å². The van der Waals surface area contributed by atoms with Gasteiger partial charge < -0.3 is 14.4 Å². The van der Waals surface area contributed by atoms with Crippen molar-refractivity contribution in [1.82, 2.24) is 4.90 Å². The Kier molecular flexibility index (Phi) is 9.58. The highest BCUT2D eigenvalue weighted by Gasteiger charge is 2.74. The van der Waals surface area contributed by atoms with Crippen molar-refractivity contribution in [2.24, 2.45) is 0 Å². The average Bonchev–Trinajstić information content (AvgIpc) is 3.35. The summed E-state index contributed by atoms with van der Waals surface area (Å²) in [6, 6.07) is 2.79. The van der Waals surface area contributed by atoms with Crippen molar-refractivity contribution >= 4 is 27.7 Å². The van der Waals surface area contributed by atoms with E-state index in [9.17, 15) is 48.7 Å². The predicted molar refractivity (Wildman–Crippen MR) is 161 cm³/mol. The number of halogens is 8. The Hall–Kier alpha value is -3.63. The molecule has 0 aliphatic carbocycles. The monoisotopic (exact) mass is 728 g/mol. The average molecular weight is 729 g/mol. The summed E-state index contributed by atoms with van der Waals surface area (Å²) in [5.41, 5.74) is -11.5. The fourth-order valence-corrected chi connectivity index (χ4v) is 8.74. The van der Waals surface area contributed by atoms with Crippen molar-refractivity contribution in [3.63, 3.8) is 0 Å². The molecule has 2 aromatic rings. The lowest BCUT2D eigenvalue weighted by Crippen LogP contribution is -2.60. The molecule has 2 aromatic carbocycles. The number of carbonyl (C=O) groups excluding carboxylic acids is 2. The fourth-order valence-electron chi connectivity index (χ4n) is 6.45. The number of ether oxygens (including phenoxy) is 2. The minimum absolute atomic E-state index is 0.129. The summed E-state index contributed by atoms with van der Waals surface area (Å²) in [5, 5.41) is 0. The van der Waals surface area contributed by atoms with Crippen molar-refractivity contribution in [3.8, 4) is 0 Å². The second-order valence-electron chi connectivity index (χ2n) is 13.7. The number of sulfone groups is 1. The van der Waals surface area contributed by atoms with Gasteiger partial charge >= 0.3 is 30.2 Å². The summed E-state index contributed by atoms with van der Waals surface area (Å²) in [6.07, 6.45) is -14.9. The van der Waals surface area contributed by atoms with Crippen LogP contribution in [0.25, 0.3) is 0 Å². The zero-order chi connectivity index (χ0) is 37.2. The largest absolute Gasteiger partial charge is 0.443 e. The van der Waals surface area contributed by atoms with E-state index in [1.807, 2.05) is 6.92 Å². The van der Waals surface area contributed by atoms with Crippen LogP contribution in [0.15, 0.2) is 47.4 Å². The minimum atomic E-state index is -6.52. The number of hydrogen-bond acceptors (Lipinski definition) is 6. The van der Waals surface area contributed by atoms with Gasteiger partial charge in [0.2, 0.25) is 0 Å². The quantitative estimate of drug-likeness (QED) is 0.220. The molecule has 0 aromatic heterocycles. The van der Waals surface area contributed by atoms with Gasteiger partial charge in [0.25, 0.3) is 0 Å². The maximum atomic E-state index is 15.4. The number of nitrogens with zero attached hydrogens (tertiary/aromatic N) is 2. The maximum Gasteiger partial charge on any atom is 0.435 e. The Bertz CT molecular complexity index is 1690. The Balaban J connectivity index is 2.07. The van der Waals surface area contributed by atoms with Gasteiger partial charge in [-0.25, -0.2) is 26.8 Å². The number of benzene rings is 2. The highest BCUT2D eigenvalue weighted by molar-refractivity contribution is 7.92. The van der Waals surface area contributed by atoms with Crippen LogP contribution in [0.3, 0.4) is 0 Å². The molecule has 2 aliphatic heterocycles. The van der Waals surface area contributed by atoms with Crippen LogP contribution in [0.5, 0.6) is 0 Å². The molecule has 2 atom stereocenters. The number of alkyl halides is 7. The van der Waals surface area contributed by atoms with Gasteiger partial charge in [-0.15, -0.1) is 0 Å². The number of rotatable bonds is 6. The van der Waals surface area contributed by atoms with E-state index in [1.165, 1.54) is 20.8 Å². The number of fused-ring (bicyclic) bond motifs is 3. The van der Waals surface area contributed by atoms with Crippen LogP contribution in [0.4, 0.5) is 50.4 Å². The second kappa shape index (κ2) is 12.3. The molecule has 0 saturated carbocycles. The third-order valence-electron chi connectivity index (χ3n) is 8.59. The van der Waals surface area contributed by atoms with E-state index in [1.54, 1.807) is 13.8 Å². The van der Waals surface area contributed by atoms with E-state index >= 15 is 4.39 Å². The van der Waals surface area contributed by atoms with Gasteiger partial charge in [-0.2, -0.15) is 26.3 Å². The van der Waals surface area contributed by atoms with Gasteiger partial charge in [-0.05, 0) is 83.4 Å². The Morgan fingerprint density at radius 1 is 0.878 bits per heavy atom. The van der Waals surface area contributed by atoms with Crippen molar-refractivity contribution in [3.05, 3.63) is 59.4 Å². The summed E-state index contributed by atoms with van der Waals surface area (Å²) < 4.78 is 151. The number of hydrogen-bond donors (Lipinski definition) is 0. The van der Waals surface area contributed by atoms with Crippen LogP contribution >= 0.6 is 0 Å². The molecule has 49 heavy (non-hydrogen) atoms. The van der Waals surface area contributed by atoms with Crippen LogP contribution in [0.1, 0.15) is 71.9 Å². The van der Waals surface area contributed by atoms with Gasteiger partial charge in [0.1, 0.15) is 21.8 Å². The molecule has 17 heteroatoms. The first-order chi connectivity index (χ1) is 22.2. The van der Waals surface area contributed by atoms with Crippen LogP contribution in [0.2, 0.25) is 0 Å². The van der Waals surface area contributed by atoms with Gasteiger partial charge in [0, 0.05) is 12.1 Å². The second-order valence-corrected chi connectivity index (χ2v) is 15.9. The van der Waals surface area contributed by atoms with Gasteiger partial charge in [0.05, 0.1) is 23.2 Å². The lowest BCUT2D eigenvalue weighted by molar-refractivity contribution is -0.348. The van der Waals surface area contributed by atoms with Crippen LogP contribution in [-0.4, -0.2) is 68.2 Å². The number of likely N-dealkylation sites (tertiary alicyclic amines) is 1. The molecular weight excluding hydrogens is 692 g/mol. The Morgan fingerprint density at radius 2 is 1.45 bits per heavy atom. The molecule has 0 spiro atoms. The molecule has 1 saturated heterocycles. The molecule has 2 aliphatic rings. The van der Waals surface area contributed by atoms with Gasteiger partial charge in [-0.1, -0.05) is 25.5 Å². The molecule has 1 fully saturated rings. The third-order valence-corrected chi connectivity index (χ3v) is 11.1. The van der Waals surface area contributed by atoms with Crippen LogP contribution in [-0.2, 0) is 29.7 Å². The highest BCUT2D eigenvalue weighted by atomic mass is 32.2. The van der Waals surface area contributed by atoms with Crippen molar-refractivity contribution < 1.29 is 62.6 Å². The van der Waals surface area contributed by atoms with E-state index in [-0.39, 0.29) is 18.7 Å². The lowest BCUT2D eigenvalue weighted by atomic mass is 9.82. The molecule has 0 radical (unpaired) electrons. The summed E-state index contributed by atoms with van der Waals surface area (Å²) in [4.78, 5) is 28.4. The van der Waals surface area contributed by atoms with Crippen molar-refractivity contribution in [1.29, 1.82) is 0 Å². The molecular formula is C32H36F8N2O6S. The van der Waals surface area contributed by atoms with Crippen molar-refractivity contribution in [2.75, 3.05) is 18.0 Å². The van der Waals surface area contributed by atoms with Crippen LogP contribution < -0.4 is 4.90 Å². The summed E-state index contributed by atoms with van der Waals surface area (Å²) in [5.74, 6) is -0.814. The third kappa shape index (κ3) is 6.54. The van der Waals surface area contributed by atoms with Gasteiger partial charge in [-0.3, -0.25) is 4.90 Å². The Labute approximate surface area is 278 Å².